The van der Waals surface area contributed by atoms with Crippen molar-refractivity contribution in [1.29, 1.82) is 0 Å². The van der Waals surface area contributed by atoms with Crippen LogP contribution >= 0.6 is 0 Å². The minimum Gasteiger partial charge on any atom is -0.497 e. The molecule has 0 spiro atoms. The molecule has 0 unspecified atom stereocenters. The minimum atomic E-state index is 0.210. The van der Waals surface area contributed by atoms with Gasteiger partial charge >= 0.3 is 0 Å². The molecular formula is C13H15N3O2. The van der Waals surface area contributed by atoms with Gasteiger partial charge in [0, 0.05) is 0 Å². The molecule has 2 rings (SSSR count). The molecule has 0 aliphatic carbocycles. The smallest absolute Gasteiger partial charge is 0.226 e. The van der Waals surface area contributed by atoms with Crippen LogP contribution in [-0.2, 0) is 0 Å². The second kappa shape index (κ2) is 4.91. The van der Waals surface area contributed by atoms with Gasteiger partial charge in [-0.05, 0) is 24.6 Å². The molecule has 0 radical (unpaired) electrons. The predicted octanol–water partition coefficient (Wildman–Crippen LogP) is 2.05. The van der Waals surface area contributed by atoms with E-state index in [2.05, 4.69) is 9.97 Å². The lowest BCUT2D eigenvalue weighted by molar-refractivity contribution is 0.399. The highest BCUT2D eigenvalue weighted by molar-refractivity contribution is 5.72. The fourth-order valence-electron chi connectivity index (χ4n) is 1.81. The largest absolute Gasteiger partial charge is 0.497 e. The molecule has 0 saturated heterocycles. The number of methoxy groups -OCH3 is 2. The number of hydrogen-bond acceptors (Lipinski definition) is 5. The zero-order chi connectivity index (χ0) is 13.1. The normalized spacial score (nSPS) is 10.2. The molecular weight excluding hydrogens is 230 g/mol. The second-order valence-corrected chi connectivity index (χ2v) is 3.78. The first kappa shape index (κ1) is 12.2. The Morgan fingerprint density at radius 1 is 1.00 bits per heavy atom. The van der Waals surface area contributed by atoms with Crippen LogP contribution in [0.25, 0.3) is 11.1 Å². The summed E-state index contributed by atoms with van der Waals surface area (Å²) in [5, 5.41) is 0. The van der Waals surface area contributed by atoms with Crippen molar-refractivity contribution in [3.8, 4) is 22.8 Å². The van der Waals surface area contributed by atoms with Crippen LogP contribution in [0.4, 0.5) is 5.95 Å². The number of nitrogens with zero attached hydrogens (tertiary/aromatic N) is 2. The summed E-state index contributed by atoms with van der Waals surface area (Å²) in [7, 11) is 3.20. The van der Waals surface area contributed by atoms with E-state index in [-0.39, 0.29) is 5.95 Å². The van der Waals surface area contributed by atoms with Gasteiger partial charge in [0.2, 0.25) is 11.8 Å². The van der Waals surface area contributed by atoms with Gasteiger partial charge in [-0.15, -0.1) is 0 Å². The van der Waals surface area contributed by atoms with Crippen LogP contribution in [-0.4, -0.2) is 24.2 Å². The van der Waals surface area contributed by atoms with E-state index in [1.165, 1.54) is 0 Å². The van der Waals surface area contributed by atoms with Gasteiger partial charge in [-0.25, -0.2) is 4.98 Å². The maximum absolute atomic E-state index is 5.61. The average Bonchev–Trinajstić information content (AvgIpc) is 2.38. The first-order chi connectivity index (χ1) is 8.65. The van der Waals surface area contributed by atoms with Gasteiger partial charge < -0.3 is 15.2 Å². The summed E-state index contributed by atoms with van der Waals surface area (Å²) in [6, 6.07) is 7.63. The number of benzene rings is 1. The molecule has 1 aromatic heterocycles. The Labute approximate surface area is 106 Å². The van der Waals surface area contributed by atoms with Gasteiger partial charge in [-0.2, -0.15) is 4.98 Å². The van der Waals surface area contributed by atoms with Crippen LogP contribution in [0.2, 0.25) is 0 Å². The van der Waals surface area contributed by atoms with E-state index in [0.29, 0.717) is 5.88 Å². The van der Waals surface area contributed by atoms with Crippen molar-refractivity contribution < 1.29 is 9.47 Å². The number of nitrogen functional groups attached to an aromatic ring is 1. The average molecular weight is 245 g/mol. The van der Waals surface area contributed by atoms with E-state index in [1.54, 1.807) is 14.2 Å². The van der Waals surface area contributed by atoms with Crippen molar-refractivity contribution in [3.05, 3.63) is 30.0 Å². The summed E-state index contributed by atoms with van der Waals surface area (Å²) in [6.45, 7) is 1.88. The highest BCUT2D eigenvalue weighted by Gasteiger charge is 2.13. The number of anilines is 1. The Morgan fingerprint density at radius 3 is 2.22 bits per heavy atom. The molecule has 0 aliphatic heterocycles. The Kier molecular flexibility index (Phi) is 3.32. The number of nitrogens with two attached hydrogens (primary N) is 1. The molecule has 0 aliphatic rings. The Morgan fingerprint density at radius 2 is 1.67 bits per heavy atom. The van der Waals surface area contributed by atoms with Crippen LogP contribution in [0, 0.1) is 6.92 Å². The molecule has 2 aromatic rings. The summed E-state index contributed by atoms with van der Waals surface area (Å²) >= 11 is 0. The zero-order valence-corrected chi connectivity index (χ0v) is 10.6. The molecule has 1 heterocycles. The first-order valence-corrected chi connectivity index (χ1v) is 5.48. The van der Waals surface area contributed by atoms with Crippen LogP contribution < -0.4 is 15.2 Å². The van der Waals surface area contributed by atoms with Crippen LogP contribution in [0.3, 0.4) is 0 Å². The lowest BCUT2D eigenvalue weighted by Crippen LogP contribution is -2.02. The monoisotopic (exact) mass is 245 g/mol. The number of aromatic nitrogens is 2. The summed E-state index contributed by atoms with van der Waals surface area (Å²) in [4.78, 5) is 8.24. The van der Waals surface area contributed by atoms with Crippen LogP contribution in [0.15, 0.2) is 24.3 Å². The van der Waals surface area contributed by atoms with Gasteiger partial charge in [0.1, 0.15) is 5.75 Å². The van der Waals surface area contributed by atoms with Crippen LogP contribution in [0.1, 0.15) is 5.69 Å². The van der Waals surface area contributed by atoms with Crippen molar-refractivity contribution in [3.63, 3.8) is 0 Å². The van der Waals surface area contributed by atoms with Crippen molar-refractivity contribution >= 4 is 5.95 Å². The predicted molar refractivity (Wildman–Crippen MR) is 69.7 cm³/mol. The topological polar surface area (TPSA) is 70.3 Å². The molecule has 0 saturated carbocycles. The van der Waals surface area contributed by atoms with E-state index >= 15 is 0 Å². The fraction of sp³-hybridized carbons (Fsp3) is 0.231. The fourth-order valence-corrected chi connectivity index (χ4v) is 1.81. The van der Waals surface area contributed by atoms with Gasteiger partial charge in [0.15, 0.2) is 0 Å². The molecule has 5 nitrogen and oxygen atoms in total. The second-order valence-electron chi connectivity index (χ2n) is 3.78. The lowest BCUT2D eigenvalue weighted by Gasteiger charge is -2.11. The summed E-state index contributed by atoms with van der Waals surface area (Å²) < 4.78 is 10.4. The highest BCUT2D eigenvalue weighted by Crippen LogP contribution is 2.32. The molecule has 0 atom stereocenters. The summed E-state index contributed by atoms with van der Waals surface area (Å²) in [5.74, 6) is 1.48. The van der Waals surface area contributed by atoms with Gasteiger partial charge in [-0.3, -0.25) is 0 Å². The zero-order valence-electron chi connectivity index (χ0n) is 10.6. The maximum Gasteiger partial charge on any atom is 0.226 e. The standard InChI is InChI=1S/C13H15N3O2/c1-8-11(12(18-3)16-13(14)15-8)9-4-6-10(17-2)7-5-9/h4-7H,1-3H3,(H2,14,15,16). The number of aryl methyl sites for hydroxylation is 1. The molecule has 94 valence electrons. The van der Waals surface area contributed by atoms with Crippen LogP contribution in [0.5, 0.6) is 11.6 Å². The van der Waals surface area contributed by atoms with Gasteiger partial charge in [0.05, 0.1) is 25.5 Å². The Bertz CT molecular complexity index is 553. The third-order valence-electron chi connectivity index (χ3n) is 2.65. The van der Waals surface area contributed by atoms with Crippen molar-refractivity contribution in [2.75, 3.05) is 20.0 Å². The molecule has 2 N–H and O–H groups in total. The molecule has 0 amide bonds. The van der Waals surface area contributed by atoms with E-state index < -0.39 is 0 Å². The third kappa shape index (κ3) is 2.20. The van der Waals surface area contributed by atoms with Gasteiger partial charge in [-0.1, -0.05) is 12.1 Å². The SMILES string of the molecule is COc1ccc(-c2c(C)nc(N)nc2OC)cc1. The Hall–Kier alpha value is -2.30. The number of ether oxygens (including phenoxy) is 2. The third-order valence-corrected chi connectivity index (χ3v) is 2.65. The summed E-state index contributed by atoms with van der Waals surface area (Å²) in [5.41, 5.74) is 8.19. The van der Waals surface area contributed by atoms with Crippen molar-refractivity contribution in [1.82, 2.24) is 9.97 Å². The Balaban J connectivity index is 2.55. The maximum atomic E-state index is 5.61. The quantitative estimate of drug-likeness (QED) is 0.896. The molecule has 0 fully saturated rings. The molecule has 18 heavy (non-hydrogen) atoms. The minimum absolute atomic E-state index is 0.210. The molecule has 0 bridgehead atoms. The lowest BCUT2D eigenvalue weighted by atomic mass is 10.1. The van der Waals surface area contributed by atoms with Crippen molar-refractivity contribution in [2.24, 2.45) is 0 Å². The van der Waals surface area contributed by atoms with E-state index in [1.807, 2.05) is 31.2 Å². The van der Waals surface area contributed by atoms with E-state index in [9.17, 15) is 0 Å². The molecule has 1 aromatic carbocycles. The van der Waals surface area contributed by atoms with E-state index in [4.69, 9.17) is 15.2 Å². The molecule has 5 heteroatoms. The number of rotatable bonds is 3. The van der Waals surface area contributed by atoms with E-state index in [0.717, 1.165) is 22.6 Å². The first-order valence-electron chi connectivity index (χ1n) is 5.48. The van der Waals surface area contributed by atoms with Crippen molar-refractivity contribution in [2.45, 2.75) is 6.92 Å². The van der Waals surface area contributed by atoms with Gasteiger partial charge in [0.25, 0.3) is 0 Å². The summed E-state index contributed by atoms with van der Waals surface area (Å²) in [6.07, 6.45) is 0. The highest BCUT2D eigenvalue weighted by atomic mass is 16.5. The number of hydrogen-bond donors (Lipinski definition) is 1.